The van der Waals surface area contributed by atoms with E-state index in [1.807, 2.05) is 6.07 Å². The van der Waals surface area contributed by atoms with Crippen molar-refractivity contribution in [2.75, 3.05) is 26.1 Å². The first-order valence-corrected chi connectivity index (χ1v) is 6.92. The summed E-state index contributed by atoms with van der Waals surface area (Å²) in [5.74, 6) is -0.364. The van der Waals surface area contributed by atoms with Crippen molar-refractivity contribution in [2.45, 2.75) is 25.3 Å². The van der Waals surface area contributed by atoms with Crippen LogP contribution in [0.3, 0.4) is 0 Å². The molecule has 1 aromatic rings. The van der Waals surface area contributed by atoms with Crippen molar-refractivity contribution >= 4 is 17.5 Å². The summed E-state index contributed by atoms with van der Waals surface area (Å²) in [5, 5.41) is 5.34. The van der Waals surface area contributed by atoms with Crippen molar-refractivity contribution < 1.29 is 14.3 Å². The van der Waals surface area contributed by atoms with E-state index in [1.54, 1.807) is 32.4 Å². The first-order valence-electron chi connectivity index (χ1n) is 6.92. The molecular formula is C15H23N3O3. The van der Waals surface area contributed by atoms with Crippen LogP contribution < -0.4 is 16.4 Å². The first-order chi connectivity index (χ1) is 10.1. The van der Waals surface area contributed by atoms with Crippen molar-refractivity contribution in [3.63, 3.8) is 0 Å². The average Bonchev–Trinajstić information content (AvgIpc) is 2.49. The molecule has 1 unspecified atom stereocenters. The van der Waals surface area contributed by atoms with Crippen LogP contribution in [0.25, 0.3) is 0 Å². The van der Waals surface area contributed by atoms with Gasteiger partial charge in [-0.05, 0) is 24.5 Å². The summed E-state index contributed by atoms with van der Waals surface area (Å²) >= 11 is 0. The van der Waals surface area contributed by atoms with Crippen LogP contribution in [0, 0.1) is 0 Å². The number of para-hydroxylation sites is 1. The van der Waals surface area contributed by atoms with E-state index >= 15 is 0 Å². The Balaban J connectivity index is 2.65. The van der Waals surface area contributed by atoms with E-state index in [2.05, 4.69) is 10.6 Å². The number of carbonyl (C=O) groups is 2. The number of hydrogen-bond acceptors (Lipinski definition) is 4. The molecule has 6 heteroatoms. The lowest BCUT2D eigenvalue weighted by Gasteiger charge is -2.14. The summed E-state index contributed by atoms with van der Waals surface area (Å²) in [6.07, 6.45) is 1.49. The number of anilines is 1. The highest BCUT2D eigenvalue weighted by Gasteiger charge is 2.15. The molecule has 4 N–H and O–H groups in total. The quantitative estimate of drug-likeness (QED) is 0.614. The van der Waals surface area contributed by atoms with Gasteiger partial charge in [-0.25, -0.2) is 0 Å². The predicted octanol–water partition coefficient (Wildman–Crippen LogP) is 0.667. The Hall–Kier alpha value is -1.92. The van der Waals surface area contributed by atoms with Gasteiger partial charge >= 0.3 is 0 Å². The van der Waals surface area contributed by atoms with E-state index in [1.165, 1.54) is 0 Å². The Morgan fingerprint density at radius 2 is 2.05 bits per heavy atom. The monoisotopic (exact) mass is 293 g/mol. The van der Waals surface area contributed by atoms with Crippen LogP contribution >= 0.6 is 0 Å². The third kappa shape index (κ3) is 5.93. The van der Waals surface area contributed by atoms with E-state index < -0.39 is 6.04 Å². The van der Waals surface area contributed by atoms with Gasteiger partial charge in [-0.2, -0.15) is 0 Å². The minimum absolute atomic E-state index is 0.110. The summed E-state index contributed by atoms with van der Waals surface area (Å²) < 4.78 is 4.93. The Labute approximate surface area is 125 Å². The molecular weight excluding hydrogens is 270 g/mol. The Morgan fingerprint density at radius 3 is 2.71 bits per heavy atom. The molecule has 1 atom stereocenters. The molecule has 1 rings (SSSR count). The smallest absolute Gasteiger partial charge is 0.241 e. The average molecular weight is 293 g/mol. The van der Waals surface area contributed by atoms with Crippen LogP contribution in [-0.2, 0) is 20.7 Å². The van der Waals surface area contributed by atoms with Crippen LogP contribution in [0.5, 0.6) is 0 Å². The molecule has 0 fully saturated rings. The van der Waals surface area contributed by atoms with Crippen LogP contribution in [0.1, 0.15) is 18.4 Å². The first kappa shape index (κ1) is 17.1. The van der Waals surface area contributed by atoms with Crippen molar-refractivity contribution in [2.24, 2.45) is 5.73 Å². The molecule has 1 aromatic carbocycles. The van der Waals surface area contributed by atoms with E-state index in [9.17, 15) is 9.59 Å². The molecule has 0 saturated heterocycles. The molecule has 0 radical (unpaired) electrons. The third-order valence-electron chi connectivity index (χ3n) is 3.11. The van der Waals surface area contributed by atoms with Gasteiger partial charge in [0.1, 0.15) is 0 Å². The number of likely N-dealkylation sites (N-methyl/N-ethyl adjacent to an activating group) is 1. The van der Waals surface area contributed by atoms with Crippen molar-refractivity contribution in [1.29, 1.82) is 0 Å². The van der Waals surface area contributed by atoms with Gasteiger partial charge in [-0.1, -0.05) is 18.2 Å². The van der Waals surface area contributed by atoms with Gasteiger partial charge in [-0.3, -0.25) is 9.59 Å². The summed E-state index contributed by atoms with van der Waals surface area (Å²) in [6.45, 7) is 0.578. The summed E-state index contributed by atoms with van der Waals surface area (Å²) in [6, 6.07) is 6.61. The highest BCUT2D eigenvalue weighted by Crippen LogP contribution is 2.16. The number of nitrogens with two attached hydrogens (primary N) is 1. The van der Waals surface area contributed by atoms with Crippen molar-refractivity contribution in [3.8, 4) is 0 Å². The van der Waals surface area contributed by atoms with E-state index in [0.717, 1.165) is 12.0 Å². The van der Waals surface area contributed by atoms with Gasteiger partial charge in [0.2, 0.25) is 11.8 Å². The van der Waals surface area contributed by atoms with Gasteiger partial charge < -0.3 is 21.1 Å². The Bertz CT molecular complexity index is 477. The van der Waals surface area contributed by atoms with Crippen molar-refractivity contribution in [1.82, 2.24) is 5.32 Å². The zero-order valence-electron chi connectivity index (χ0n) is 12.5. The van der Waals surface area contributed by atoms with Crippen LogP contribution in [-0.4, -0.2) is 38.6 Å². The van der Waals surface area contributed by atoms with Crippen LogP contribution in [0.4, 0.5) is 5.69 Å². The second-order valence-corrected chi connectivity index (χ2v) is 4.74. The highest BCUT2D eigenvalue weighted by molar-refractivity contribution is 5.96. The zero-order chi connectivity index (χ0) is 15.7. The molecule has 0 saturated carbocycles. The molecule has 116 valence electrons. The van der Waals surface area contributed by atoms with Crippen molar-refractivity contribution in [3.05, 3.63) is 29.8 Å². The van der Waals surface area contributed by atoms with Crippen LogP contribution in [0.15, 0.2) is 24.3 Å². The number of carbonyl (C=O) groups excluding carboxylic acids is 2. The molecule has 21 heavy (non-hydrogen) atoms. The minimum atomic E-state index is -0.590. The standard InChI is InChI=1S/C15H23N3O3/c1-17-14(19)10-11-6-3-4-8-13(11)18-15(20)12(16)7-5-9-21-2/h3-4,6,8,12H,5,7,9-10,16H2,1-2H3,(H,17,19)(H,18,20). The molecule has 0 aromatic heterocycles. The Kier molecular flexibility index (Phi) is 7.42. The normalized spacial score (nSPS) is 11.8. The fraction of sp³-hybridized carbons (Fsp3) is 0.467. The SMILES string of the molecule is CNC(=O)Cc1ccccc1NC(=O)C(N)CCCOC. The number of amides is 2. The summed E-state index contributed by atoms with van der Waals surface area (Å²) in [4.78, 5) is 23.5. The third-order valence-corrected chi connectivity index (χ3v) is 3.11. The number of nitrogens with one attached hydrogen (secondary N) is 2. The Morgan fingerprint density at radius 1 is 1.33 bits per heavy atom. The fourth-order valence-electron chi connectivity index (χ4n) is 1.86. The molecule has 0 heterocycles. The lowest BCUT2D eigenvalue weighted by Crippen LogP contribution is -2.36. The number of methoxy groups -OCH3 is 1. The largest absolute Gasteiger partial charge is 0.385 e. The highest BCUT2D eigenvalue weighted by atomic mass is 16.5. The second kappa shape index (κ2) is 9.10. The lowest BCUT2D eigenvalue weighted by molar-refractivity contribution is -0.120. The van der Waals surface area contributed by atoms with E-state index in [4.69, 9.17) is 10.5 Å². The molecule has 0 aliphatic carbocycles. The van der Waals surface area contributed by atoms with Gasteiger partial charge in [0.25, 0.3) is 0 Å². The summed E-state index contributed by atoms with van der Waals surface area (Å²) in [7, 11) is 3.19. The van der Waals surface area contributed by atoms with Gasteiger partial charge in [0.05, 0.1) is 12.5 Å². The summed E-state index contributed by atoms with van der Waals surface area (Å²) in [5.41, 5.74) is 7.21. The zero-order valence-corrected chi connectivity index (χ0v) is 12.5. The fourth-order valence-corrected chi connectivity index (χ4v) is 1.86. The number of hydrogen-bond donors (Lipinski definition) is 3. The van der Waals surface area contributed by atoms with Crippen LogP contribution in [0.2, 0.25) is 0 Å². The van der Waals surface area contributed by atoms with Gasteiger partial charge in [0.15, 0.2) is 0 Å². The number of ether oxygens (including phenoxy) is 1. The van der Waals surface area contributed by atoms with Gasteiger partial charge in [-0.15, -0.1) is 0 Å². The lowest BCUT2D eigenvalue weighted by atomic mass is 10.1. The molecule has 0 spiro atoms. The van der Waals surface area contributed by atoms with Gasteiger partial charge in [0, 0.05) is 26.5 Å². The topological polar surface area (TPSA) is 93.5 Å². The maximum Gasteiger partial charge on any atom is 0.241 e. The number of benzene rings is 1. The molecule has 2 amide bonds. The minimum Gasteiger partial charge on any atom is -0.385 e. The predicted molar refractivity (Wildman–Crippen MR) is 81.9 cm³/mol. The molecule has 0 aliphatic rings. The molecule has 6 nitrogen and oxygen atoms in total. The van der Waals surface area contributed by atoms with E-state index in [0.29, 0.717) is 18.7 Å². The maximum absolute atomic E-state index is 12.0. The molecule has 0 bridgehead atoms. The second-order valence-electron chi connectivity index (χ2n) is 4.74. The number of rotatable bonds is 8. The van der Waals surface area contributed by atoms with E-state index in [-0.39, 0.29) is 18.2 Å². The molecule has 0 aliphatic heterocycles. The maximum atomic E-state index is 12.0.